The summed E-state index contributed by atoms with van der Waals surface area (Å²) in [6, 6.07) is 8.92. The van der Waals surface area contributed by atoms with Crippen LogP contribution in [0.4, 0.5) is 0 Å². The molecule has 0 aliphatic carbocycles. The number of amides is 1. The maximum absolute atomic E-state index is 11.1. The monoisotopic (exact) mass is 273 g/mol. The van der Waals surface area contributed by atoms with Crippen LogP contribution >= 0.6 is 11.6 Å². The lowest BCUT2D eigenvalue weighted by Gasteiger charge is -2.05. The van der Waals surface area contributed by atoms with E-state index >= 15 is 0 Å². The number of hydrogen-bond acceptors (Lipinski definition) is 4. The minimum absolute atomic E-state index is 0.116. The molecular formula is C12H8ClN5O. The maximum Gasteiger partial charge on any atom is 0.269 e. The van der Waals surface area contributed by atoms with E-state index in [0.717, 1.165) is 5.39 Å². The standard InChI is InChI=1S/C12H8ClN5O/c13-12-15-8-4-2-1-3-7(8)11(16-12)18-6-5-9(17-18)10(14)19/h1-6H,(H2,14,19). The predicted molar refractivity (Wildman–Crippen MR) is 70.2 cm³/mol. The average molecular weight is 274 g/mol. The van der Waals surface area contributed by atoms with E-state index in [-0.39, 0.29) is 11.0 Å². The van der Waals surface area contributed by atoms with E-state index in [1.54, 1.807) is 6.20 Å². The third kappa shape index (κ3) is 2.02. The normalized spacial score (nSPS) is 10.8. The number of nitrogens with two attached hydrogens (primary N) is 1. The summed E-state index contributed by atoms with van der Waals surface area (Å²) >= 11 is 5.89. The Hall–Kier alpha value is -2.47. The van der Waals surface area contributed by atoms with Crippen molar-refractivity contribution in [2.24, 2.45) is 5.73 Å². The van der Waals surface area contributed by atoms with Gasteiger partial charge in [0.1, 0.15) is 5.69 Å². The Labute approximate surface area is 112 Å². The van der Waals surface area contributed by atoms with Gasteiger partial charge in [-0.2, -0.15) is 10.1 Å². The van der Waals surface area contributed by atoms with Gasteiger partial charge in [0.2, 0.25) is 5.28 Å². The Kier molecular flexibility index (Phi) is 2.64. The maximum atomic E-state index is 11.1. The Morgan fingerprint density at radius 2 is 2.00 bits per heavy atom. The Morgan fingerprint density at radius 1 is 1.21 bits per heavy atom. The fourth-order valence-corrected chi connectivity index (χ4v) is 1.95. The first-order chi connectivity index (χ1) is 9.15. The van der Waals surface area contributed by atoms with Gasteiger partial charge < -0.3 is 5.73 Å². The highest BCUT2D eigenvalue weighted by Crippen LogP contribution is 2.20. The van der Waals surface area contributed by atoms with Gasteiger partial charge in [-0.05, 0) is 29.8 Å². The minimum Gasteiger partial charge on any atom is -0.364 e. The first kappa shape index (κ1) is 11.6. The molecule has 3 rings (SSSR count). The minimum atomic E-state index is -0.594. The lowest BCUT2D eigenvalue weighted by atomic mass is 10.2. The van der Waals surface area contributed by atoms with Gasteiger partial charge in [-0.15, -0.1) is 0 Å². The second-order valence-corrected chi connectivity index (χ2v) is 4.18. The molecule has 0 saturated carbocycles. The fraction of sp³-hybridized carbons (Fsp3) is 0. The van der Waals surface area contributed by atoms with Crippen LogP contribution in [0.15, 0.2) is 36.5 Å². The zero-order valence-electron chi connectivity index (χ0n) is 9.62. The topological polar surface area (TPSA) is 86.7 Å². The van der Waals surface area contributed by atoms with Crippen LogP contribution in [0.1, 0.15) is 10.5 Å². The van der Waals surface area contributed by atoms with Gasteiger partial charge in [-0.25, -0.2) is 9.67 Å². The van der Waals surface area contributed by atoms with E-state index in [9.17, 15) is 4.79 Å². The van der Waals surface area contributed by atoms with Crippen LogP contribution in [0, 0.1) is 0 Å². The van der Waals surface area contributed by atoms with Crippen molar-refractivity contribution in [2.45, 2.75) is 0 Å². The zero-order valence-corrected chi connectivity index (χ0v) is 10.4. The first-order valence-electron chi connectivity index (χ1n) is 5.43. The molecule has 0 atom stereocenters. The number of carbonyl (C=O) groups excluding carboxylic acids is 1. The molecule has 0 aliphatic rings. The van der Waals surface area contributed by atoms with Crippen molar-refractivity contribution in [1.29, 1.82) is 0 Å². The number of halogens is 1. The van der Waals surface area contributed by atoms with E-state index < -0.39 is 5.91 Å². The third-order valence-corrected chi connectivity index (χ3v) is 2.78. The molecule has 0 radical (unpaired) electrons. The summed E-state index contributed by atoms with van der Waals surface area (Å²) in [5, 5.41) is 4.96. The molecule has 0 saturated heterocycles. The van der Waals surface area contributed by atoms with Gasteiger partial charge in [-0.3, -0.25) is 4.79 Å². The number of carbonyl (C=O) groups is 1. The summed E-state index contributed by atoms with van der Waals surface area (Å²) in [4.78, 5) is 19.3. The smallest absolute Gasteiger partial charge is 0.269 e. The number of hydrogen-bond donors (Lipinski definition) is 1. The predicted octanol–water partition coefficient (Wildman–Crippen LogP) is 1.57. The molecule has 7 heteroatoms. The van der Waals surface area contributed by atoms with Gasteiger partial charge in [0.15, 0.2) is 5.82 Å². The van der Waals surface area contributed by atoms with E-state index in [4.69, 9.17) is 17.3 Å². The SMILES string of the molecule is NC(=O)c1ccn(-c2nc(Cl)nc3ccccc23)n1. The first-order valence-corrected chi connectivity index (χ1v) is 5.81. The largest absolute Gasteiger partial charge is 0.364 e. The van der Waals surface area contributed by atoms with Crippen molar-refractivity contribution in [3.8, 4) is 5.82 Å². The van der Waals surface area contributed by atoms with Crippen LogP contribution in [0.3, 0.4) is 0 Å². The van der Waals surface area contributed by atoms with Gasteiger partial charge in [-0.1, -0.05) is 12.1 Å². The second kappa shape index (κ2) is 4.33. The molecule has 6 nitrogen and oxygen atoms in total. The van der Waals surface area contributed by atoms with Crippen molar-refractivity contribution >= 4 is 28.4 Å². The third-order valence-electron chi connectivity index (χ3n) is 2.61. The van der Waals surface area contributed by atoms with Crippen molar-refractivity contribution in [2.75, 3.05) is 0 Å². The molecule has 0 unspecified atom stereocenters. The van der Waals surface area contributed by atoms with Crippen LogP contribution in [-0.4, -0.2) is 25.7 Å². The lowest BCUT2D eigenvalue weighted by molar-refractivity contribution is 0.0995. The van der Waals surface area contributed by atoms with Crippen molar-refractivity contribution in [1.82, 2.24) is 19.7 Å². The van der Waals surface area contributed by atoms with Crippen molar-refractivity contribution < 1.29 is 4.79 Å². The highest BCUT2D eigenvalue weighted by Gasteiger charge is 2.11. The van der Waals surface area contributed by atoms with Gasteiger partial charge in [0.05, 0.1) is 5.52 Å². The molecule has 0 spiro atoms. The molecule has 2 N–H and O–H groups in total. The second-order valence-electron chi connectivity index (χ2n) is 3.84. The molecule has 2 aromatic heterocycles. The molecule has 3 aromatic rings. The van der Waals surface area contributed by atoms with Crippen molar-refractivity contribution in [3.05, 3.63) is 47.5 Å². The summed E-state index contributed by atoms with van der Waals surface area (Å²) in [6.07, 6.45) is 1.60. The highest BCUT2D eigenvalue weighted by molar-refractivity contribution is 6.28. The van der Waals surface area contributed by atoms with E-state index in [0.29, 0.717) is 11.3 Å². The molecule has 2 heterocycles. The highest BCUT2D eigenvalue weighted by atomic mass is 35.5. The summed E-state index contributed by atoms with van der Waals surface area (Å²) in [6.45, 7) is 0. The Balaban J connectivity index is 2.26. The number of para-hydroxylation sites is 1. The summed E-state index contributed by atoms with van der Waals surface area (Å²) in [7, 11) is 0. The van der Waals surface area contributed by atoms with E-state index in [1.165, 1.54) is 10.7 Å². The van der Waals surface area contributed by atoms with Gasteiger partial charge in [0.25, 0.3) is 5.91 Å². The molecule has 0 aliphatic heterocycles. The van der Waals surface area contributed by atoms with E-state index in [1.807, 2.05) is 24.3 Å². The van der Waals surface area contributed by atoms with Gasteiger partial charge in [0, 0.05) is 11.6 Å². The van der Waals surface area contributed by atoms with Crippen LogP contribution in [0.2, 0.25) is 5.28 Å². The lowest BCUT2D eigenvalue weighted by Crippen LogP contribution is -2.12. The molecular weight excluding hydrogens is 266 g/mol. The summed E-state index contributed by atoms with van der Waals surface area (Å²) < 4.78 is 1.45. The molecule has 1 amide bonds. The molecule has 1 aromatic carbocycles. The van der Waals surface area contributed by atoms with Crippen LogP contribution in [-0.2, 0) is 0 Å². The fourth-order valence-electron chi connectivity index (χ4n) is 1.78. The van der Waals surface area contributed by atoms with Crippen molar-refractivity contribution in [3.63, 3.8) is 0 Å². The molecule has 94 valence electrons. The molecule has 0 bridgehead atoms. The van der Waals surface area contributed by atoms with Gasteiger partial charge >= 0.3 is 0 Å². The quantitative estimate of drug-likeness (QED) is 0.718. The Bertz CT molecular complexity index is 783. The van der Waals surface area contributed by atoms with Crippen LogP contribution in [0.5, 0.6) is 0 Å². The van der Waals surface area contributed by atoms with Crippen LogP contribution in [0.25, 0.3) is 16.7 Å². The summed E-state index contributed by atoms with van der Waals surface area (Å²) in [5.41, 5.74) is 6.04. The van der Waals surface area contributed by atoms with Crippen LogP contribution < -0.4 is 5.73 Å². The summed E-state index contributed by atoms with van der Waals surface area (Å²) in [5.74, 6) is -0.0914. The number of primary amides is 1. The Morgan fingerprint density at radius 3 is 2.74 bits per heavy atom. The van der Waals surface area contributed by atoms with E-state index in [2.05, 4.69) is 15.1 Å². The zero-order chi connectivity index (χ0) is 13.4. The average Bonchev–Trinajstić information content (AvgIpc) is 2.87. The number of fused-ring (bicyclic) bond motifs is 1. The number of aromatic nitrogens is 4. The molecule has 19 heavy (non-hydrogen) atoms. The number of nitrogens with zero attached hydrogens (tertiary/aromatic N) is 4. The number of rotatable bonds is 2. The molecule has 0 fully saturated rings. The number of benzene rings is 1.